The molecule has 0 saturated carbocycles. The molecule has 0 unspecified atom stereocenters. The molecular formula is C8H18N2O. The smallest absolute Gasteiger partial charge is 0.217 e. The Balaban J connectivity index is 3.72. The molecule has 0 aliphatic heterocycles. The molecule has 11 heavy (non-hydrogen) atoms. The first kappa shape index (κ1) is 8.53. The predicted molar refractivity (Wildman–Crippen MR) is 46.2 cm³/mol. The molecular weight excluding hydrogens is 140 g/mol. The van der Waals surface area contributed by atoms with E-state index in [0.717, 1.165) is 0 Å². The highest BCUT2D eigenvalue weighted by atomic mass is 16.1. The van der Waals surface area contributed by atoms with E-state index >= 15 is 0 Å². The maximum absolute atomic E-state index is 10.7. The molecule has 0 radical (unpaired) electrons. The van der Waals surface area contributed by atoms with Crippen molar-refractivity contribution in [3.05, 3.63) is 0 Å². The van der Waals surface area contributed by atoms with Crippen LogP contribution in [0.5, 0.6) is 0 Å². The number of nitrogens with zero attached hydrogens (tertiary/aromatic N) is 1. The quantitative estimate of drug-likeness (QED) is 0.605. The molecule has 0 aromatic carbocycles. The van der Waals surface area contributed by atoms with Gasteiger partial charge in [-0.25, -0.2) is 0 Å². The fourth-order valence-electron chi connectivity index (χ4n) is 0.444. The number of rotatable bonds is 2. The topological polar surface area (TPSA) is 32.3 Å². The Kier molecular flexibility index (Phi) is 2.88. The van der Waals surface area contributed by atoms with Crippen LogP contribution in [0, 0.1) is 0 Å². The van der Waals surface area contributed by atoms with Crippen LogP contribution in [-0.4, -0.2) is 30.1 Å². The zero-order valence-electron chi connectivity index (χ0n) is 8.77. The van der Waals surface area contributed by atoms with E-state index in [0.29, 0.717) is 6.67 Å². The molecule has 1 N–H and O–H groups in total. The Morgan fingerprint density at radius 3 is 2.55 bits per heavy atom. The standard InChI is InChI=1S/C8H18N2O/c1-7(11)9-6-10(5)8(2,3)4/h6H2,1-5H3,(H,9,11)/i1D. The monoisotopic (exact) mass is 159 g/mol. The van der Waals surface area contributed by atoms with E-state index in [1.165, 1.54) is 0 Å². The minimum atomic E-state index is -0.230. The van der Waals surface area contributed by atoms with Gasteiger partial charge in [0.05, 0.1) is 6.67 Å². The van der Waals surface area contributed by atoms with Crippen molar-refractivity contribution < 1.29 is 6.17 Å². The number of amides is 1. The van der Waals surface area contributed by atoms with Crippen LogP contribution in [0.25, 0.3) is 0 Å². The molecule has 0 bridgehead atoms. The van der Waals surface area contributed by atoms with Crippen molar-refractivity contribution in [2.45, 2.75) is 33.2 Å². The lowest BCUT2D eigenvalue weighted by molar-refractivity contribution is -0.119. The zero-order valence-corrected chi connectivity index (χ0v) is 7.77. The molecule has 0 aromatic rings. The minimum absolute atomic E-state index is 0.0509. The Hall–Kier alpha value is -0.570. The van der Waals surface area contributed by atoms with Crippen LogP contribution in [0.1, 0.15) is 29.0 Å². The lowest BCUT2D eigenvalue weighted by atomic mass is 10.1. The lowest BCUT2D eigenvalue weighted by Gasteiger charge is -2.31. The van der Waals surface area contributed by atoms with Crippen molar-refractivity contribution in [1.82, 2.24) is 10.2 Å². The van der Waals surface area contributed by atoms with Crippen LogP contribution in [0.4, 0.5) is 0 Å². The summed E-state index contributed by atoms with van der Waals surface area (Å²) in [7, 11) is 1.93. The first-order valence-electron chi connectivity index (χ1n) is 4.36. The third-order valence-corrected chi connectivity index (χ3v) is 1.66. The largest absolute Gasteiger partial charge is 0.344 e. The van der Waals surface area contributed by atoms with E-state index < -0.39 is 0 Å². The summed E-state index contributed by atoms with van der Waals surface area (Å²) in [5.41, 5.74) is 0.0509. The minimum Gasteiger partial charge on any atom is -0.344 e. The molecule has 66 valence electrons. The second-order valence-electron chi connectivity index (χ2n) is 3.63. The van der Waals surface area contributed by atoms with Gasteiger partial charge >= 0.3 is 0 Å². The molecule has 0 saturated heterocycles. The number of hydrogen-bond donors (Lipinski definition) is 1. The van der Waals surface area contributed by atoms with Gasteiger partial charge in [-0.15, -0.1) is 0 Å². The van der Waals surface area contributed by atoms with Gasteiger partial charge in [0.25, 0.3) is 0 Å². The van der Waals surface area contributed by atoms with Gasteiger partial charge in [0, 0.05) is 13.8 Å². The van der Waals surface area contributed by atoms with Crippen LogP contribution < -0.4 is 5.32 Å². The van der Waals surface area contributed by atoms with E-state index in [-0.39, 0.29) is 18.3 Å². The molecule has 0 spiro atoms. The Labute approximate surface area is 70.2 Å². The highest BCUT2D eigenvalue weighted by molar-refractivity contribution is 5.72. The van der Waals surface area contributed by atoms with Crippen molar-refractivity contribution in [3.8, 4) is 0 Å². The van der Waals surface area contributed by atoms with Gasteiger partial charge < -0.3 is 5.32 Å². The van der Waals surface area contributed by atoms with Crippen LogP contribution in [0.2, 0.25) is 0 Å². The fourth-order valence-corrected chi connectivity index (χ4v) is 0.444. The number of carbonyl (C=O) groups excluding carboxylic acids is 1. The first-order chi connectivity index (χ1) is 5.38. The van der Waals surface area contributed by atoms with Gasteiger partial charge in [-0.3, -0.25) is 9.69 Å². The maximum atomic E-state index is 10.7. The van der Waals surface area contributed by atoms with Gasteiger partial charge in [-0.1, -0.05) is 0 Å². The van der Waals surface area contributed by atoms with Crippen LogP contribution in [-0.2, 0) is 4.79 Å². The Morgan fingerprint density at radius 1 is 1.64 bits per heavy atom. The van der Waals surface area contributed by atoms with E-state index in [2.05, 4.69) is 26.1 Å². The summed E-state index contributed by atoms with van der Waals surface area (Å²) in [5, 5.41) is 2.64. The third kappa shape index (κ3) is 4.79. The van der Waals surface area contributed by atoms with Gasteiger partial charge in [-0.2, -0.15) is 0 Å². The molecule has 0 rings (SSSR count). The second-order valence-corrected chi connectivity index (χ2v) is 3.63. The molecule has 3 nitrogen and oxygen atoms in total. The molecule has 0 atom stereocenters. The maximum Gasteiger partial charge on any atom is 0.217 e. The van der Waals surface area contributed by atoms with Crippen LogP contribution in [0.3, 0.4) is 0 Å². The van der Waals surface area contributed by atoms with Crippen LogP contribution in [0.15, 0.2) is 0 Å². The Bertz CT molecular complexity index is 154. The van der Waals surface area contributed by atoms with Gasteiger partial charge in [0.15, 0.2) is 0 Å². The van der Waals surface area contributed by atoms with Crippen molar-refractivity contribution in [2.75, 3.05) is 13.7 Å². The van der Waals surface area contributed by atoms with E-state index in [4.69, 9.17) is 1.37 Å². The van der Waals surface area contributed by atoms with Crippen molar-refractivity contribution in [1.29, 1.82) is 0 Å². The normalized spacial score (nSPS) is 13.0. The van der Waals surface area contributed by atoms with Gasteiger partial charge in [0.1, 0.15) is 0 Å². The van der Waals surface area contributed by atoms with E-state index in [1.54, 1.807) is 0 Å². The molecule has 0 heterocycles. The highest BCUT2D eigenvalue weighted by Gasteiger charge is 2.15. The number of nitrogens with one attached hydrogen (secondary N) is 1. The van der Waals surface area contributed by atoms with E-state index in [9.17, 15) is 4.79 Å². The summed E-state index contributed by atoms with van der Waals surface area (Å²) in [6.45, 7) is 6.51. The average molecular weight is 159 g/mol. The van der Waals surface area contributed by atoms with Crippen LogP contribution >= 0.6 is 0 Å². The molecule has 1 amide bonds. The summed E-state index contributed by atoms with van der Waals surface area (Å²) in [6, 6.07) is 0. The van der Waals surface area contributed by atoms with Gasteiger partial charge in [-0.05, 0) is 27.8 Å². The number of carbonyl (C=O) groups is 1. The molecule has 0 fully saturated rings. The summed E-state index contributed by atoms with van der Waals surface area (Å²) < 4.78 is 6.78. The predicted octanol–water partition coefficient (Wildman–Crippen LogP) is 0.810. The summed E-state index contributed by atoms with van der Waals surface area (Å²) in [4.78, 5) is 12.7. The summed E-state index contributed by atoms with van der Waals surface area (Å²) >= 11 is 0. The SMILES string of the molecule is [2H]CC(=O)NCN(C)C(C)(C)C. The fraction of sp³-hybridized carbons (Fsp3) is 0.875. The summed E-state index contributed by atoms with van der Waals surface area (Å²) in [5.74, 6) is -0.230. The zero-order chi connectivity index (χ0) is 9.78. The molecule has 0 aliphatic carbocycles. The molecule has 0 aliphatic rings. The molecule has 0 aromatic heterocycles. The van der Waals surface area contributed by atoms with E-state index in [1.807, 2.05) is 11.9 Å². The lowest BCUT2D eigenvalue weighted by Crippen LogP contribution is -2.44. The first-order valence-corrected chi connectivity index (χ1v) is 3.65. The molecule has 3 heteroatoms. The van der Waals surface area contributed by atoms with Crippen molar-refractivity contribution in [2.24, 2.45) is 0 Å². The van der Waals surface area contributed by atoms with Gasteiger partial charge in [0.2, 0.25) is 5.91 Å². The Morgan fingerprint density at radius 2 is 2.18 bits per heavy atom. The second kappa shape index (κ2) is 3.72. The average Bonchev–Trinajstić information content (AvgIpc) is 1.97. The van der Waals surface area contributed by atoms with Crippen molar-refractivity contribution in [3.63, 3.8) is 0 Å². The summed E-state index contributed by atoms with van der Waals surface area (Å²) in [6.07, 6.45) is 0. The third-order valence-electron chi connectivity index (χ3n) is 1.66. The highest BCUT2D eigenvalue weighted by Crippen LogP contribution is 2.07. The van der Waals surface area contributed by atoms with Crippen molar-refractivity contribution >= 4 is 5.91 Å². The number of hydrogen-bond acceptors (Lipinski definition) is 2.